The quantitative estimate of drug-likeness (QED) is 0.643. The molecule has 2 aliphatic rings. The fourth-order valence-corrected chi connectivity index (χ4v) is 2.13. The van der Waals surface area contributed by atoms with Crippen LogP contribution in [0.2, 0.25) is 0 Å². The van der Waals surface area contributed by atoms with E-state index in [9.17, 15) is 9.59 Å². The predicted molar refractivity (Wildman–Crippen MR) is 73.0 cm³/mol. The first kappa shape index (κ1) is 12.7. The summed E-state index contributed by atoms with van der Waals surface area (Å²) in [6.07, 6.45) is 3.87. The standard InChI is InChI=1S/C14H15N3O3/c1-2-20-14(19)11-6-5-9(15-11)7-10-12(8-3-4-8)16-17-13(10)18/h5-8,15H,2-4H2,1H3,(H,17,18)/b10-7-. The number of H-pyrrole nitrogens is 1. The first-order chi connectivity index (χ1) is 9.69. The zero-order chi connectivity index (χ0) is 14.1. The van der Waals surface area contributed by atoms with Crippen molar-refractivity contribution in [2.24, 2.45) is 11.0 Å². The summed E-state index contributed by atoms with van der Waals surface area (Å²) < 4.78 is 4.91. The Morgan fingerprint density at radius 1 is 1.50 bits per heavy atom. The molecule has 0 saturated heterocycles. The summed E-state index contributed by atoms with van der Waals surface area (Å²) in [6, 6.07) is 3.39. The maximum absolute atomic E-state index is 11.8. The van der Waals surface area contributed by atoms with E-state index in [0.717, 1.165) is 18.6 Å². The Bertz CT molecular complexity index is 623. The van der Waals surface area contributed by atoms with Gasteiger partial charge in [-0.25, -0.2) is 10.2 Å². The van der Waals surface area contributed by atoms with Crippen molar-refractivity contribution in [3.63, 3.8) is 0 Å². The number of amides is 1. The first-order valence-electron chi connectivity index (χ1n) is 6.65. The molecule has 1 aliphatic heterocycles. The number of aromatic nitrogens is 1. The fraction of sp³-hybridized carbons (Fsp3) is 0.357. The van der Waals surface area contributed by atoms with Crippen LogP contribution in [0.25, 0.3) is 6.08 Å². The summed E-state index contributed by atoms with van der Waals surface area (Å²) in [5, 5.41) is 4.07. The zero-order valence-corrected chi connectivity index (χ0v) is 11.1. The van der Waals surface area contributed by atoms with Crippen molar-refractivity contribution >= 4 is 23.7 Å². The molecule has 6 heteroatoms. The van der Waals surface area contributed by atoms with Crippen molar-refractivity contribution in [2.45, 2.75) is 19.8 Å². The lowest BCUT2D eigenvalue weighted by Crippen LogP contribution is -2.13. The molecule has 2 heterocycles. The van der Waals surface area contributed by atoms with Gasteiger partial charge in [-0.15, -0.1) is 0 Å². The lowest BCUT2D eigenvalue weighted by atomic mass is 10.1. The molecule has 1 aromatic heterocycles. The number of hydrogen-bond donors (Lipinski definition) is 2. The Morgan fingerprint density at radius 3 is 3.00 bits per heavy atom. The monoisotopic (exact) mass is 273 g/mol. The largest absolute Gasteiger partial charge is 0.461 e. The van der Waals surface area contributed by atoms with E-state index in [1.807, 2.05) is 0 Å². The van der Waals surface area contributed by atoms with Crippen molar-refractivity contribution in [3.8, 4) is 0 Å². The molecule has 0 bridgehead atoms. The zero-order valence-electron chi connectivity index (χ0n) is 11.1. The molecule has 0 radical (unpaired) electrons. The number of aromatic amines is 1. The molecular formula is C14H15N3O3. The molecular weight excluding hydrogens is 258 g/mol. The summed E-state index contributed by atoms with van der Waals surface area (Å²) >= 11 is 0. The van der Waals surface area contributed by atoms with E-state index >= 15 is 0 Å². The van der Waals surface area contributed by atoms with Crippen LogP contribution >= 0.6 is 0 Å². The normalized spacial score (nSPS) is 19.9. The van der Waals surface area contributed by atoms with Crippen LogP contribution in [0.5, 0.6) is 0 Å². The number of hydrogen-bond acceptors (Lipinski definition) is 4. The maximum Gasteiger partial charge on any atom is 0.354 e. The Hall–Kier alpha value is -2.37. The highest BCUT2D eigenvalue weighted by Crippen LogP contribution is 2.35. The van der Waals surface area contributed by atoms with Gasteiger partial charge in [0.15, 0.2) is 0 Å². The minimum atomic E-state index is -0.399. The van der Waals surface area contributed by atoms with Crippen molar-refractivity contribution < 1.29 is 14.3 Å². The third kappa shape index (κ3) is 2.36. The summed E-state index contributed by atoms with van der Waals surface area (Å²) in [4.78, 5) is 26.3. The second-order valence-electron chi connectivity index (χ2n) is 4.82. The van der Waals surface area contributed by atoms with Gasteiger partial charge in [-0.3, -0.25) is 4.79 Å². The van der Waals surface area contributed by atoms with E-state index in [2.05, 4.69) is 15.5 Å². The molecule has 1 aliphatic carbocycles. The van der Waals surface area contributed by atoms with Crippen LogP contribution in [0.3, 0.4) is 0 Å². The van der Waals surface area contributed by atoms with Crippen molar-refractivity contribution in [1.82, 2.24) is 10.4 Å². The average molecular weight is 273 g/mol. The number of esters is 1. The lowest BCUT2D eigenvalue weighted by Gasteiger charge is -1.99. The minimum absolute atomic E-state index is 0.195. The van der Waals surface area contributed by atoms with E-state index in [-0.39, 0.29) is 5.91 Å². The van der Waals surface area contributed by atoms with Crippen LogP contribution in [0, 0.1) is 5.92 Å². The number of rotatable bonds is 4. The highest BCUT2D eigenvalue weighted by molar-refractivity contribution is 6.28. The summed E-state index contributed by atoms with van der Waals surface area (Å²) in [5.41, 5.74) is 4.95. The molecule has 2 N–H and O–H groups in total. The second kappa shape index (κ2) is 4.96. The van der Waals surface area contributed by atoms with Crippen molar-refractivity contribution in [2.75, 3.05) is 6.61 Å². The van der Waals surface area contributed by atoms with Gasteiger partial charge in [-0.1, -0.05) is 0 Å². The van der Waals surface area contributed by atoms with Gasteiger partial charge in [0, 0.05) is 11.6 Å². The van der Waals surface area contributed by atoms with Crippen LogP contribution in [-0.4, -0.2) is 29.2 Å². The van der Waals surface area contributed by atoms with Gasteiger partial charge in [0.25, 0.3) is 5.91 Å². The van der Waals surface area contributed by atoms with E-state index in [4.69, 9.17) is 4.74 Å². The maximum atomic E-state index is 11.8. The third-order valence-corrected chi connectivity index (χ3v) is 3.27. The van der Waals surface area contributed by atoms with Crippen LogP contribution in [0.1, 0.15) is 35.9 Å². The Labute approximate surface area is 115 Å². The van der Waals surface area contributed by atoms with Crippen LogP contribution in [0.4, 0.5) is 0 Å². The van der Waals surface area contributed by atoms with E-state index in [0.29, 0.717) is 29.5 Å². The van der Waals surface area contributed by atoms with Gasteiger partial charge < -0.3 is 9.72 Å². The number of carbonyl (C=O) groups excluding carboxylic acids is 2. The number of nitrogens with one attached hydrogen (secondary N) is 2. The topological polar surface area (TPSA) is 83.6 Å². The van der Waals surface area contributed by atoms with Gasteiger partial charge in [-0.2, -0.15) is 5.10 Å². The minimum Gasteiger partial charge on any atom is -0.461 e. The SMILES string of the molecule is CCOC(=O)c1ccc(/C=C2\C(=O)NN=C2C2CC2)[nH]1. The van der Waals surface area contributed by atoms with E-state index in [1.54, 1.807) is 25.1 Å². The Kier molecular flexibility index (Phi) is 3.14. The number of carbonyl (C=O) groups is 2. The van der Waals surface area contributed by atoms with Crippen LogP contribution < -0.4 is 5.43 Å². The number of nitrogens with zero attached hydrogens (tertiary/aromatic N) is 1. The fourth-order valence-electron chi connectivity index (χ4n) is 2.13. The first-order valence-corrected chi connectivity index (χ1v) is 6.65. The highest BCUT2D eigenvalue weighted by Gasteiger charge is 2.35. The summed E-state index contributed by atoms with van der Waals surface area (Å²) in [5.74, 6) is -0.206. The van der Waals surface area contributed by atoms with Gasteiger partial charge >= 0.3 is 5.97 Å². The Balaban J connectivity index is 1.82. The molecule has 1 aromatic rings. The molecule has 1 saturated carbocycles. The summed E-state index contributed by atoms with van der Waals surface area (Å²) in [6.45, 7) is 2.08. The van der Waals surface area contributed by atoms with Gasteiger partial charge in [0.05, 0.1) is 17.9 Å². The van der Waals surface area contributed by atoms with E-state index in [1.165, 1.54) is 0 Å². The molecule has 1 amide bonds. The molecule has 1 fully saturated rings. The van der Waals surface area contributed by atoms with E-state index < -0.39 is 5.97 Å². The molecule has 6 nitrogen and oxygen atoms in total. The molecule has 0 spiro atoms. The molecule has 104 valence electrons. The molecule has 20 heavy (non-hydrogen) atoms. The molecule has 3 rings (SSSR count). The predicted octanol–water partition coefficient (Wildman–Crippen LogP) is 1.47. The molecule has 0 aromatic carbocycles. The van der Waals surface area contributed by atoms with Crippen molar-refractivity contribution in [3.05, 3.63) is 29.1 Å². The number of hydrazone groups is 1. The van der Waals surface area contributed by atoms with Crippen molar-refractivity contribution in [1.29, 1.82) is 0 Å². The van der Waals surface area contributed by atoms with Gasteiger partial charge in [-0.05, 0) is 38.0 Å². The second-order valence-corrected chi connectivity index (χ2v) is 4.82. The van der Waals surface area contributed by atoms with Crippen LogP contribution in [0.15, 0.2) is 22.8 Å². The summed E-state index contributed by atoms with van der Waals surface area (Å²) in [7, 11) is 0. The number of ether oxygens (including phenoxy) is 1. The average Bonchev–Trinajstić information content (AvgIpc) is 3.05. The smallest absolute Gasteiger partial charge is 0.354 e. The van der Waals surface area contributed by atoms with Crippen LogP contribution in [-0.2, 0) is 9.53 Å². The molecule has 0 atom stereocenters. The highest BCUT2D eigenvalue weighted by atomic mass is 16.5. The molecule has 0 unspecified atom stereocenters. The van der Waals surface area contributed by atoms with Gasteiger partial charge in [0.2, 0.25) is 0 Å². The lowest BCUT2D eigenvalue weighted by molar-refractivity contribution is -0.116. The third-order valence-electron chi connectivity index (χ3n) is 3.27. The van der Waals surface area contributed by atoms with Gasteiger partial charge in [0.1, 0.15) is 5.69 Å². The Morgan fingerprint density at radius 2 is 2.30 bits per heavy atom.